The number of carbonyl (C=O) groups is 1. The van der Waals surface area contributed by atoms with E-state index in [1.54, 1.807) is 13.8 Å². The van der Waals surface area contributed by atoms with Gasteiger partial charge in [0.05, 0.1) is 11.9 Å². The van der Waals surface area contributed by atoms with Crippen LogP contribution in [0.5, 0.6) is 0 Å². The Labute approximate surface area is 159 Å². The topological polar surface area (TPSA) is 117 Å². The van der Waals surface area contributed by atoms with Gasteiger partial charge in [-0.15, -0.1) is 10.2 Å². The van der Waals surface area contributed by atoms with Crippen LogP contribution in [0.2, 0.25) is 0 Å². The van der Waals surface area contributed by atoms with Crippen molar-refractivity contribution in [3.05, 3.63) is 65.8 Å². The maximum Gasteiger partial charge on any atom is 0.359 e. The number of carbonyl (C=O) groups excluding carboxylic acids is 1. The van der Waals surface area contributed by atoms with Crippen LogP contribution in [0.1, 0.15) is 27.8 Å². The molecule has 3 aromatic heterocycles. The van der Waals surface area contributed by atoms with Gasteiger partial charge < -0.3 is 13.7 Å². The molecule has 0 fully saturated rings. The highest BCUT2D eigenvalue weighted by molar-refractivity contribution is 5.86. The molecule has 9 nitrogen and oxygen atoms in total. The number of hydrogen-bond donors (Lipinski definition) is 0. The van der Waals surface area contributed by atoms with Crippen molar-refractivity contribution in [2.75, 3.05) is 0 Å². The zero-order chi connectivity index (χ0) is 19.5. The fraction of sp³-hybridized carbons (Fsp3) is 0.158. The van der Waals surface area contributed by atoms with E-state index >= 15 is 0 Å². The summed E-state index contributed by atoms with van der Waals surface area (Å²) in [7, 11) is 0. The summed E-state index contributed by atoms with van der Waals surface area (Å²) in [6.07, 6.45) is 2.84. The third-order valence-electron chi connectivity index (χ3n) is 3.91. The summed E-state index contributed by atoms with van der Waals surface area (Å²) >= 11 is 0. The van der Waals surface area contributed by atoms with E-state index in [0.29, 0.717) is 22.7 Å². The zero-order valence-corrected chi connectivity index (χ0v) is 15.1. The minimum Gasteiger partial charge on any atom is -0.451 e. The van der Waals surface area contributed by atoms with Crippen LogP contribution in [0.3, 0.4) is 0 Å². The highest BCUT2D eigenvalue weighted by Crippen LogP contribution is 2.33. The normalized spacial score (nSPS) is 10.8. The number of benzene rings is 1. The SMILES string of the molecule is Cc1cnc(C(=O)OCc2nnc(-c3c(-c4ccccc4)noc3C)o2)cn1. The Balaban J connectivity index is 1.52. The lowest BCUT2D eigenvalue weighted by molar-refractivity contribution is 0.0431. The van der Waals surface area contributed by atoms with Crippen molar-refractivity contribution in [2.24, 2.45) is 0 Å². The second-order valence-electron chi connectivity index (χ2n) is 5.95. The zero-order valence-electron chi connectivity index (χ0n) is 15.1. The lowest BCUT2D eigenvalue weighted by Gasteiger charge is -2.01. The molecule has 0 atom stereocenters. The number of hydrogen-bond acceptors (Lipinski definition) is 9. The highest BCUT2D eigenvalue weighted by atomic mass is 16.5. The van der Waals surface area contributed by atoms with E-state index < -0.39 is 5.97 Å². The Morgan fingerprint density at radius 1 is 1.07 bits per heavy atom. The molecule has 4 aromatic rings. The van der Waals surface area contributed by atoms with E-state index in [-0.39, 0.29) is 24.1 Å². The second kappa shape index (κ2) is 7.39. The van der Waals surface area contributed by atoms with E-state index in [0.717, 1.165) is 5.56 Å². The van der Waals surface area contributed by atoms with Gasteiger partial charge in [-0.3, -0.25) is 4.98 Å². The maximum absolute atomic E-state index is 12.0. The predicted octanol–water partition coefficient (Wildman–Crippen LogP) is 3.16. The summed E-state index contributed by atoms with van der Waals surface area (Å²) in [4.78, 5) is 20.0. The quantitative estimate of drug-likeness (QED) is 0.483. The number of rotatable bonds is 5. The first-order valence-electron chi connectivity index (χ1n) is 8.42. The predicted molar refractivity (Wildman–Crippen MR) is 95.9 cm³/mol. The van der Waals surface area contributed by atoms with Gasteiger partial charge in [0.2, 0.25) is 0 Å². The van der Waals surface area contributed by atoms with E-state index in [1.807, 2.05) is 30.3 Å². The third-order valence-corrected chi connectivity index (χ3v) is 3.91. The lowest BCUT2D eigenvalue weighted by Crippen LogP contribution is -2.08. The Bertz CT molecular complexity index is 1100. The van der Waals surface area contributed by atoms with E-state index in [4.69, 9.17) is 13.7 Å². The molecular formula is C19H15N5O4. The van der Waals surface area contributed by atoms with Gasteiger partial charge in [0.25, 0.3) is 11.8 Å². The van der Waals surface area contributed by atoms with Gasteiger partial charge in [-0.2, -0.15) is 0 Å². The molecule has 0 spiro atoms. The average molecular weight is 377 g/mol. The molecular weight excluding hydrogens is 362 g/mol. The van der Waals surface area contributed by atoms with Crippen molar-refractivity contribution < 1.29 is 18.5 Å². The van der Waals surface area contributed by atoms with Gasteiger partial charge in [-0.05, 0) is 13.8 Å². The van der Waals surface area contributed by atoms with Crippen molar-refractivity contribution >= 4 is 5.97 Å². The number of esters is 1. The van der Waals surface area contributed by atoms with E-state index in [2.05, 4.69) is 25.3 Å². The summed E-state index contributed by atoms with van der Waals surface area (Å²) in [5.74, 6) is 0.293. The molecule has 0 saturated heterocycles. The highest BCUT2D eigenvalue weighted by Gasteiger charge is 2.22. The molecule has 140 valence electrons. The van der Waals surface area contributed by atoms with Gasteiger partial charge in [0.15, 0.2) is 12.3 Å². The fourth-order valence-corrected chi connectivity index (χ4v) is 2.53. The molecule has 0 amide bonds. The van der Waals surface area contributed by atoms with Gasteiger partial charge >= 0.3 is 5.97 Å². The standard InChI is InChI=1S/C19H15N5O4/c1-11-8-21-14(9-20-11)19(25)26-10-15-22-23-18(27-15)16-12(2)28-24-17(16)13-6-4-3-5-7-13/h3-9H,10H2,1-2H3. The van der Waals surface area contributed by atoms with Crippen LogP contribution in [0.25, 0.3) is 22.7 Å². The van der Waals surface area contributed by atoms with Crippen LogP contribution in [-0.2, 0) is 11.3 Å². The molecule has 0 N–H and O–H groups in total. The first kappa shape index (κ1) is 17.5. The Kier molecular flexibility index (Phi) is 4.63. The summed E-state index contributed by atoms with van der Waals surface area (Å²) < 4.78 is 16.1. The van der Waals surface area contributed by atoms with Gasteiger partial charge in [0.1, 0.15) is 17.0 Å². The molecule has 0 unspecified atom stereocenters. The van der Waals surface area contributed by atoms with Gasteiger partial charge in [0, 0.05) is 11.8 Å². The number of nitrogens with zero attached hydrogens (tertiary/aromatic N) is 5. The molecule has 0 bridgehead atoms. The van der Waals surface area contributed by atoms with Crippen molar-refractivity contribution in [1.29, 1.82) is 0 Å². The number of aryl methyl sites for hydroxylation is 2. The van der Waals surface area contributed by atoms with Crippen molar-refractivity contribution in [2.45, 2.75) is 20.5 Å². The van der Waals surface area contributed by atoms with Gasteiger partial charge in [-0.1, -0.05) is 35.5 Å². The van der Waals surface area contributed by atoms with Gasteiger partial charge in [-0.25, -0.2) is 9.78 Å². The summed E-state index contributed by atoms with van der Waals surface area (Å²) in [5.41, 5.74) is 2.86. The minimum absolute atomic E-state index is 0.103. The van der Waals surface area contributed by atoms with Crippen LogP contribution in [0, 0.1) is 13.8 Å². The number of aromatic nitrogens is 5. The minimum atomic E-state index is -0.626. The average Bonchev–Trinajstić information content (AvgIpc) is 3.33. The Hall–Kier alpha value is -3.88. The molecule has 0 saturated carbocycles. The van der Waals surface area contributed by atoms with Crippen LogP contribution < -0.4 is 0 Å². The summed E-state index contributed by atoms with van der Waals surface area (Å²) in [6, 6.07) is 9.52. The first-order chi connectivity index (χ1) is 13.6. The van der Waals surface area contributed by atoms with Crippen molar-refractivity contribution in [1.82, 2.24) is 25.3 Å². The third kappa shape index (κ3) is 3.50. The van der Waals surface area contributed by atoms with E-state index in [9.17, 15) is 4.79 Å². The van der Waals surface area contributed by atoms with Crippen LogP contribution in [-0.4, -0.2) is 31.3 Å². The second-order valence-corrected chi connectivity index (χ2v) is 5.95. The molecule has 1 aromatic carbocycles. The molecule has 0 aliphatic rings. The largest absolute Gasteiger partial charge is 0.451 e. The molecule has 9 heteroatoms. The number of ether oxygens (including phenoxy) is 1. The lowest BCUT2D eigenvalue weighted by atomic mass is 10.1. The molecule has 0 aliphatic heterocycles. The van der Waals surface area contributed by atoms with E-state index in [1.165, 1.54) is 12.4 Å². The molecule has 0 aliphatic carbocycles. The molecule has 0 radical (unpaired) electrons. The Morgan fingerprint density at radius 3 is 2.64 bits per heavy atom. The fourth-order valence-electron chi connectivity index (χ4n) is 2.53. The molecule has 28 heavy (non-hydrogen) atoms. The van der Waals surface area contributed by atoms with Crippen molar-refractivity contribution in [3.63, 3.8) is 0 Å². The Morgan fingerprint density at radius 2 is 1.89 bits per heavy atom. The van der Waals surface area contributed by atoms with Crippen LogP contribution in [0.4, 0.5) is 0 Å². The first-order valence-corrected chi connectivity index (χ1v) is 8.42. The summed E-state index contributed by atoms with van der Waals surface area (Å²) in [6.45, 7) is 3.35. The maximum atomic E-state index is 12.0. The summed E-state index contributed by atoms with van der Waals surface area (Å²) in [5, 5.41) is 12.0. The molecule has 4 rings (SSSR count). The van der Waals surface area contributed by atoms with Crippen LogP contribution >= 0.6 is 0 Å². The molecule has 3 heterocycles. The van der Waals surface area contributed by atoms with Crippen LogP contribution in [0.15, 0.2) is 51.7 Å². The smallest absolute Gasteiger partial charge is 0.359 e. The monoisotopic (exact) mass is 377 g/mol. The van der Waals surface area contributed by atoms with Crippen molar-refractivity contribution in [3.8, 4) is 22.7 Å².